The van der Waals surface area contributed by atoms with E-state index in [1.807, 2.05) is 0 Å². The first-order chi connectivity index (χ1) is 12.3. The predicted molar refractivity (Wildman–Crippen MR) is 116 cm³/mol. The Bertz CT molecular complexity index is 1120. The largest absolute Gasteiger partial charge is 0.144 e. The Hall–Kier alpha value is -1.94. The normalized spacial score (nSPS) is 11.4. The Morgan fingerprint density at radius 3 is 1.64 bits per heavy atom. The standard InChI is InChI=1S/C22H13BrS2/c23-16-12-14(17-3-1-5-21-19(17)7-9-24-21)11-15(13-16)18-4-2-6-22-20(18)8-10-25-22/h1-13H. The van der Waals surface area contributed by atoms with Crippen LogP contribution in [-0.2, 0) is 0 Å². The molecular weight excluding hydrogens is 408 g/mol. The fourth-order valence-corrected chi connectivity index (χ4v) is 5.51. The van der Waals surface area contributed by atoms with Crippen molar-refractivity contribution in [2.45, 2.75) is 0 Å². The summed E-state index contributed by atoms with van der Waals surface area (Å²) in [6, 6.07) is 24.3. The Morgan fingerprint density at radius 1 is 0.600 bits per heavy atom. The van der Waals surface area contributed by atoms with Crippen molar-refractivity contribution in [1.29, 1.82) is 0 Å². The molecule has 5 aromatic rings. The van der Waals surface area contributed by atoms with Gasteiger partial charge >= 0.3 is 0 Å². The van der Waals surface area contributed by atoms with Gasteiger partial charge in [0.2, 0.25) is 0 Å². The van der Waals surface area contributed by atoms with E-state index in [0.717, 1.165) is 4.47 Å². The molecule has 0 aliphatic heterocycles. The Labute approximate surface area is 162 Å². The molecule has 25 heavy (non-hydrogen) atoms. The van der Waals surface area contributed by atoms with Gasteiger partial charge in [0.1, 0.15) is 0 Å². The van der Waals surface area contributed by atoms with E-state index < -0.39 is 0 Å². The molecule has 0 amide bonds. The Morgan fingerprint density at radius 2 is 1.12 bits per heavy atom. The quantitative estimate of drug-likeness (QED) is 0.269. The topological polar surface area (TPSA) is 0 Å². The molecule has 0 nitrogen and oxygen atoms in total. The van der Waals surface area contributed by atoms with Crippen molar-refractivity contribution in [1.82, 2.24) is 0 Å². The Kier molecular flexibility index (Phi) is 3.74. The van der Waals surface area contributed by atoms with Crippen molar-refractivity contribution in [3.05, 3.63) is 82.0 Å². The van der Waals surface area contributed by atoms with Gasteiger partial charge in [0, 0.05) is 24.6 Å². The molecule has 0 saturated heterocycles. The van der Waals surface area contributed by atoms with Crippen molar-refractivity contribution < 1.29 is 0 Å². The van der Waals surface area contributed by atoms with Gasteiger partial charge in [0.15, 0.2) is 0 Å². The maximum absolute atomic E-state index is 3.72. The molecule has 2 heterocycles. The third-order valence-electron chi connectivity index (χ3n) is 4.51. The summed E-state index contributed by atoms with van der Waals surface area (Å²) in [6.07, 6.45) is 0. The molecule has 0 atom stereocenters. The van der Waals surface area contributed by atoms with Gasteiger partial charge in [-0.05, 0) is 75.5 Å². The van der Waals surface area contributed by atoms with E-state index in [2.05, 4.69) is 93.4 Å². The monoisotopic (exact) mass is 420 g/mol. The third-order valence-corrected chi connectivity index (χ3v) is 6.73. The molecule has 0 fully saturated rings. The molecule has 3 aromatic carbocycles. The van der Waals surface area contributed by atoms with Crippen LogP contribution >= 0.6 is 38.6 Å². The van der Waals surface area contributed by atoms with Crippen LogP contribution < -0.4 is 0 Å². The van der Waals surface area contributed by atoms with Crippen molar-refractivity contribution >= 4 is 58.8 Å². The molecule has 0 N–H and O–H groups in total. The van der Waals surface area contributed by atoms with E-state index in [0.29, 0.717) is 0 Å². The number of hydrogen-bond donors (Lipinski definition) is 0. The van der Waals surface area contributed by atoms with Gasteiger partial charge in [0.05, 0.1) is 0 Å². The maximum atomic E-state index is 3.72. The highest BCUT2D eigenvalue weighted by molar-refractivity contribution is 9.10. The van der Waals surface area contributed by atoms with E-state index >= 15 is 0 Å². The number of benzene rings is 3. The molecule has 2 aromatic heterocycles. The number of fused-ring (bicyclic) bond motifs is 2. The summed E-state index contributed by atoms with van der Waals surface area (Å²) in [7, 11) is 0. The van der Waals surface area contributed by atoms with E-state index in [-0.39, 0.29) is 0 Å². The minimum absolute atomic E-state index is 1.11. The number of hydrogen-bond acceptors (Lipinski definition) is 2. The summed E-state index contributed by atoms with van der Waals surface area (Å²) < 4.78 is 3.78. The minimum atomic E-state index is 1.11. The summed E-state index contributed by atoms with van der Waals surface area (Å²) >= 11 is 7.31. The first-order valence-corrected chi connectivity index (χ1v) is 10.6. The molecule has 0 spiro atoms. The van der Waals surface area contributed by atoms with Crippen LogP contribution in [0.5, 0.6) is 0 Å². The molecule has 0 unspecified atom stereocenters. The zero-order valence-electron chi connectivity index (χ0n) is 13.2. The summed E-state index contributed by atoms with van der Waals surface area (Å²) in [6.45, 7) is 0. The van der Waals surface area contributed by atoms with Gasteiger partial charge in [-0.3, -0.25) is 0 Å². The maximum Gasteiger partial charge on any atom is 0.0348 e. The van der Waals surface area contributed by atoms with Crippen LogP contribution in [0.3, 0.4) is 0 Å². The van der Waals surface area contributed by atoms with Crippen LogP contribution in [0.15, 0.2) is 82.0 Å². The second-order valence-corrected chi connectivity index (χ2v) is 8.82. The molecular formula is C22H13BrS2. The highest BCUT2D eigenvalue weighted by Gasteiger charge is 2.10. The van der Waals surface area contributed by atoms with E-state index in [9.17, 15) is 0 Å². The molecule has 120 valence electrons. The van der Waals surface area contributed by atoms with Gasteiger partial charge in [-0.1, -0.05) is 40.2 Å². The molecule has 0 aliphatic rings. The zero-order chi connectivity index (χ0) is 16.8. The summed E-state index contributed by atoms with van der Waals surface area (Å²) in [5.41, 5.74) is 5.08. The summed E-state index contributed by atoms with van der Waals surface area (Å²) in [5, 5.41) is 6.98. The van der Waals surface area contributed by atoms with Crippen molar-refractivity contribution in [2.24, 2.45) is 0 Å². The summed E-state index contributed by atoms with van der Waals surface area (Å²) in [4.78, 5) is 0. The molecule has 0 aliphatic carbocycles. The van der Waals surface area contributed by atoms with Crippen LogP contribution in [0.2, 0.25) is 0 Å². The van der Waals surface area contributed by atoms with Gasteiger partial charge in [-0.2, -0.15) is 0 Å². The van der Waals surface area contributed by atoms with E-state index in [1.54, 1.807) is 22.7 Å². The van der Waals surface area contributed by atoms with E-state index in [4.69, 9.17) is 0 Å². The van der Waals surface area contributed by atoms with Crippen molar-refractivity contribution in [2.75, 3.05) is 0 Å². The van der Waals surface area contributed by atoms with Gasteiger partial charge < -0.3 is 0 Å². The van der Waals surface area contributed by atoms with Crippen LogP contribution in [0.4, 0.5) is 0 Å². The lowest BCUT2D eigenvalue weighted by atomic mass is 9.96. The van der Waals surface area contributed by atoms with Crippen LogP contribution in [0.25, 0.3) is 42.4 Å². The molecule has 0 bridgehead atoms. The lowest BCUT2D eigenvalue weighted by Gasteiger charge is -2.10. The highest BCUT2D eigenvalue weighted by atomic mass is 79.9. The zero-order valence-corrected chi connectivity index (χ0v) is 16.4. The van der Waals surface area contributed by atoms with Gasteiger partial charge in [0.25, 0.3) is 0 Å². The number of thiophene rings is 2. The second kappa shape index (κ2) is 6.10. The van der Waals surface area contributed by atoms with E-state index in [1.165, 1.54) is 42.4 Å². The first kappa shape index (κ1) is 15.3. The average molecular weight is 421 g/mol. The smallest absolute Gasteiger partial charge is 0.0348 e. The second-order valence-electron chi connectivity index (χ2n) is 6.00. The Balaban J connectivity index is 1.76. The fourth-order valence-electron chi connectivity index (χ4n) is 3.39. The van der Waals surface area contributed by atoms with Crippen LogP contribution in [-0.4, -0.2) is 0 Å². The number of rotatable bonds is 2. The van der Waals surface area contributed by atoms with Gasteiger partial charge in [-0.15, -0.1) is 22.7 Å². The lowest BCUT2D eigenvalue weighted by molar-refractivity contribution is 1.60. The average Bonchev–Trinajstić information content (AvgIpc) is 3.29. The number of halogens is 1. The van der Waals surface area contributed by atoms with Gasteiger partial charge in [-0.25, -0.2) is 0 Å². The highest BCUT2D eigenvalue weighted by Crippen LogP contribution is 2.38. The van der Waals surface area contributed by atoms with Crippen molar-refractivity contribution in [3.63, 3.8) is 0 Å². The fraction of sp³-hybridized carbons (Fsp3) is 0. The third kappa shape index (κ3) is 2.63. The van der Waals surface area contributed by atoms with Crippen LogP contribution in [0.1, 0.15) is 0 Å². The molecule has 5 rings (SSSR count). The van der Waals surface area contributed by atoms with Crippen molar-refractivity contribution in [3.8, 4) is 22.3 Å². The first-order valence-electron chi connectivity index (χ1n) is 8.03. The lowest BCUT2D eigenvalue weighted by Crippen LogP contribution is -1.84. The summed E-state index contributed by atoms with van der Waals surface area (Å²) in [5.74, 6) is 0. The molecule has 3 heteroatoms. The SMILES string of the molecule is Brc1cc(-c2cccc3sccc23)cc(-c2cccc3sccc23)c1. The predicted octanol–water partition coefficient (Wildman–Crippen LogP) is 8.21. The van der Waals surface area contributed by atoms with Crippen LogP contribution in [0, 0.1) is 0 Å². The molecule has 0 radical (unpaired) electrons. The minimum Gasteiger partial charge on any atom is -0.144 e. The molecule has 0 saturated carbocycles.